The Morgan fingerprint density at radius 3 is 2.79 bits per heavy atom. The maximum atomic E-state index is 12.7. The van der Waals surface area contributed by atoms with E-state index in [0.29, 0.717) is 25.4 Å². The van der Waals surface area contributed by atoms with Crippen LogP contribution in [0.4, 0.5) is 5.13 Å². The van der Waals surface area contributed by atoms with E-state index >= 15 is 0 Å². The molecule has 1 saturated heterocycles. The number of carbonyl (C=O) groups excluding carboxylic acids is 2. The molecule has 1 fully saturated rings. The van der Waals surface area contributed by atoms with Gasteiger partial charge in [0.25, 0.3) is 0 Å². The van der Waals surface area contributed by atoms with Gasteiger partial charge < -0.3 is 4.90 Å². The summed E-state index contributed by atoms with van der Waals surface area (Å²) in [6.07, 6.45) is 4.85. The number of anilines is 1. The fourth-order valence-electron chi connectivity index (χ4n) is 4.01. The fraction of sp³-hybridized carbons (Fsp3) is 0.409. The van der Waals surface area contributed by atoms with Gasteiger partial charge >= 0.3 is 0 Å². The normalized spacial score (nSPS) is 18.9. The number of likely N-dealkylation sites (tertiary alicyclic amines) is 1. The molecule has 1 aromatic heterocycles. The van der Waals surface area contributed by atoms with E-state index in [1.54, 1.807) is 21.1 Å². The van der Waals surface area contributed by atoms with E-state index in [4.69, 9.17) is 4.98 Å². The number of benzene rings is 1. The standard InChI is InChI=1S/C22H25N3O2S/c1-3-20(26)25-13-15(14-25)11-21(27)24(2)22-23-18-10-9-17(12-19(18)28-22)16-7-5-4-6-8-16/h3-8,15,17H,1,9-14H2,2H3. The summed E-state index contributed by atoms with van der Waals surface area (Å²) in [5, 5.41) is 0.794. The number of fused-ring (bicyclic) bond motifs is 1. The van der Waals surface area contributed by atoms with Crippen molar-refractivity contribution in [1.82, 2.24) is 9.88 Å². The molecule has 1 aromatic carbocycles. The molecule has 1 aliphatic carbocycles. The zero-order valence-corrected chi connectivity index (χ0v) is 17.0. The van der Waals surface area contributed by atoms with Crippen LogP contribution in [0.2, 0.25) is 0 Å². The molecular formula is C22H25N3O2S. The number of aryl methyl sites for hydroxylation is 1. The van der Waals surface area contributed by atoms with Gasteiger partial charge in [0.05, 0.1) is 5.69 Å². The molecule has 0 radical (unpaired) electrons. The summed E-state index contributed by atoms with van der Waals surface area (Å²) in [6, 6.07) is 10.6. The van der Waals surface area contributed by atoms with Crippen LogP contribution in [-0.2, 0) is 22.4 Å². The van der Waals surface area contributed by atoms with Crippen molar-refractivity contribution >= 4 is 28.3 Å². The maximum Gasteiger partial charge on any atom is 0.245 e. The monoisotopic (exact) mass is 395 g/mol. The van der Waals surface area contributed by atoms with E-state index in [0.717, 1.165) is 30.1 Å². The zero-order chi connectivity index (χ0) is 19.7. The van der Waals surface area contributed by atoms with Crippen molar-refractivity contribution < 1.29 is 9.59 Å². The van der Waals surface area contributed by atoms with Crippen LogP contribution in [0.5, 0.6) is 0 Å². The Kier molecular flexibility index (Phi) is 5.31. The number of hydrogen-bond acceptors (Lipinski definition) is 4. The zero-order valence-electron chi connectivity index (χ0n) is 16.1. The average Bonchev–Trinajstić information content (AvgIpc) is 3.13. The number of carbonyl (C=O) groups is 2. The lowest BCUT2D eigenvalue weighted by atomic mass is 9.85. The first-order valence-electron chi connectivity index (χ1n) is 9.76. The maximum absolute atomic E-state index is 12.7. The first-order chi connectivity index (χ1) is 13.5. The number of aromatic nitrogens is 1. The van der Waals surface area contributed by atoms with Gasteiger partial charge in [-0.15, -0.1) is 11.3 Å². The van der Waals surface area contributed by atoms with Crippen LogP contribution in [0, 0.1) is 5.92 Å². The molecule has 2 aliphatic rings. The lowest BCUT2D eigenvalue weighted by Crippen LogP contribution is -2.50. The molecule has 0 spiro atoms. The third-order valence-electron chi connectivity index (χ3n) is 5.77. The molecule has 2 heterocycles. The molecular weight excluding hydrogens is 370 g/mol. The lowest BCUT2D eigenvalue weighted by Gasteiger charge is -2.38. The van der Waals surface area contributed by atoms with Crippen molar-refractivity contribution in [3.8, 4) is 0 Å². The largest absolute Gasteiger partial charge is 0.338 e. The van der Waals surface area contributed by atoms with Gasteiger partial charge in [-0.3, -0.25) is 14.5 Å². The second-order valence-corrected chi connectivity index (χ2v) is 8.75. The van der Waals surface area contributed by atoms with Crippen LogP contribution in [0.25, 0.3) is 0 Å². The van der Waals surface area contributed by atoms with Gasteiger partial charge in [0, 0.05) is 37.4 Å². The smallest absolute Gasteiger partial charge is 0.245 e. The van der Waals surface area contributed by atoms with E-state index in [9.17, 15) is 9.59 Å². The number of rotatable bonds is 5. The summed E-state index contributed by atoms with van der Waals surface area (Å²) in [7, 11) is 1.81. The van der Waals surface area contributed by atoms with E-state index < -0.39 is 0 Å². The number of nitrogens with zero attached hydrogens (tertiary/aromatic N) is 3. The van der Waals surface area contributed by atoms with E-state index in [1.807, 2.05) is 7.05 Å². The molecule has 1 aliphatic heterocycles. The highest BCUT2D eigenvalue weighted by Gasteiger charge is 2.32. The van der Waals surface area contributed by atoms with E-state index in [1.165, 1.54) is 16.5 Å². The molecule has 146 valence electrons. The summed E-state index contributed by atoms with van der Waals surface area (Å²) < 4.78 is 0. The Morgan fingerprint density at radius 1 is 1.32 bits per heavy atom. The van der Waals surface area contributed by atoms with Crippen LogP contribution in [0.1, 0.15) is 34.9 Å². The quantitative estimate of drug-likeness (QED) is 0.729. The number of amides is 2. The van der Waals surface area contributed by atoms with Gasteiger partial charge in [-0.2, -0.15) is 0 Å². The van der Waals surface area contributed by atoms with E-state index in [2.05, 4.69) is 36.9 Å². The first kappa shape index (κ1) is 18.9. The minimum absolute atomic E-state index is 0.0578. The van der Waals surface area contributed by atoms with Gasteiger partial charge in [-0.05, 0) is 36.8 Å². The minimum atomic E-state index is -0.0578. The summed E-state index contributed by atoms with van der Waals surface area (Å²) in [5.74, 6) is 0.779. The predicted octanol–water partition coefficient (Wildman–Crippen LogP) is 3.41. The highest BCUT2D eigenvalue weighted by Crippen LogP contribution is 2.38. The highest BCUT2D eigenvalue weighted by molar-refractivity contribution is 7.15. The molecule has 1 unspecified atom stereocenters. The van der Waals surface area contributed by atoms with Crippen LogP contribution < -0.4 is 4.90 Å². The lowest BCUT2D eigenvalue weighted by molar-refractivity contribution is -0.134. The molecule has 4 rings (SSSR count). The number of hydrogen-bond donors (Lipinski definition) is 0. The van der Waals surface area contributed by atoms with Crippen molar-refractivity contribution in [2.75, 3.05) is 25.0 Å². The Bertz CT molecular complexity index is 886. The number of thiazole rings is 1. The van der Waals surface area contributed by atoms with Gasteiger partial charge in [0.1, 0.15) is 0 Å². The summed E-state index contributed by atoms with van der Waals surface area (Å²) in [6.45, 7) is 4.77. The minimum Gasteiger partial charge on any atom is -0.338 e. The summed E-state index contributed by atoms with van der Waals surface area (Å²) in [5.41, 5.74) is 2.54. The average molecular weight is 396 g/mol. The Labute approximate surface area is 169 Å². The molecule has 1 atom stereocenters. The Morgan fingerprint density at radius 2 is 2.07 bits per heavy atom. The second kappa shape index (κ2) is 7.87. The molecule has 5 nitrogen and oxygen atoms in total. The fourth-order valence-corrected chi connectivity index (χ4v) is 5.18. The van der Waals surface area contributed by atoms with Crippen molar-refractivity contribution in [2.24, 2.45) is 5.92 Å². The highest BCUT2D eigenvalue weighted by atomic mass is 32.1. The molecule has 28 heavy (non-hydrogen) atoms. The van der Waals surface area contributed by atoms with Crippen molar-refractivity contribution in [3.05, 3.63) is 59.1 Å². The predicted molar refractivity (Wildman–Crippen MR) is 112 cm³/mol. The first-order valence-corrected chi connectivity index (χ1v) is 10.6. The van der Waals surface area contributed by atoms with E-state index in [-0.39, 0.29) is 17.7 Å². The van der Waals surface area contributed by atoms with Gasteiger partial charge in [-0.25, -0.2) is 4.98 Å². The van der Waals surface area contributed by atoms with Crippen LogP contribution in [0.15, 0.2) is 43.0 Å². The van der Waals surface area contributed by atoms with Gasteiger partial charge in [0.2, 0.25) is 11.8 Å². The van der Waals surface area contributed by atoms with Gasteiger partial charge in [0.15, 0.2) is 5.13 Å². The second-order valence-electron chi connectivity index (χ2n) is 7.69. The van der Waals surface area contributed by atoms with Crippen LogP contribution in [0.3, 0.4) is 0 Å². The molecule has 2 aromatic rings. The van der Waals surface area contributed by atoms with Gasteiger partial charge in [-0.1, -0.05) is 36.9 Å². The molecule has 2 amide bonds. The van der Waals surface area contributed by atoms with Crippen molar-refractivity contribution in [2.45, 2.75) is 31.6 Å². The van der Waals surface area contributed by atoms with Crippen LogP contribution in [-0.4, -0.2) is 41.8 Å². The van der Waals surface area contributed by atoms with Crippen LogP contribution >= 0.6 is 11.3 Å². The summed E-state index contributed by atoms with van der Waals surface area (Å²) >= 11 is 1.65. The third kappa shape index (κ3) is 3.74. The van der Waals surface area contributed by atoms with Crippen molar-refractivity contribution in [3.63, 3.8) is 0 Å². The Hall–Kier alpha value is -2.47. The van der Waals surface area contributed by atoms with Crippen molar-refractivity contribution in [1.29, 1.82) is 0 Å². The molecule has 0 saturated carbocycles. The summed E-state index contributed by atoms with van der Waals surface area (Å²) in [4.78, 5) is 33.7. The molecule has 0 bridgehead atoms. The topological polar surface area (TPSA) is 53.5 Å². The Balaban J connectivity index is 1.37. The third-order valence-corrected chi connectivity index (χ3v) is 6.96. The SMILES string of the molecule is C=CC(=O)N1CC(CC(=O)N(C)c2nc3c(s2)CC(c2ccccc2)CC3)C1. The molecule has 0 N–H and O–H groups in total. The molecule has 6 heteroatoms.